The van der Waals surface area contributed by atoms with E-state index in [-0.39, 0.29) is 15.8 Å². The molecule has 0 spiro atoms. The summed E-state index contributed by atoms with van der Waals surface area (Å²) in [5, 5.41) is 0.226. The van der Waals surface area contributed by atoms with Crippen LogP contribution in [0.4, 0.5) is 13.2 Å². The smallest absolute Gasteiger partial charge is 0.229 e. The van der Waals surface area contributed by atoms with Crippen molar-refractivity contribution >= 4 is 20.9 Å². The summed E-state index contributed by atoms with van der Waals surface area (Å²) in [7, 11) is -4.37. The van der Waals surface area contributed by atoms with E-state index in [4.69, 9.17) is 0 Å². The van der Waals surface area contributed by atoms with E-state index in [0.717, 1.165) is 11.6 Å². The predicted octanol–water partition coefficient (Wildman–Crippen LogP) is 4.51. The molecule has 24 heavy (non-hydrogen) atoms. The van der Waals surface area contributed by atoms with Crippen molar-refractivity contribution in [2.75, 3.05) is 0 Å². The van der Waals surface area contributed by atoms with Gasteiger partial charge in [-0.3, -0.25) is 0 Å². The van der Waals surface area contributed by atoms with Crippen LogP contribution in [0.2, 0.25) is 0 Å². The number of alkyl halides is 3. The molecule has 0 bridgehead atoms. The molecule has 0 unspecified atom stereocenters. The molecule has 0 atom stereocenters. The Labute approximate surface area is 137 Å². The molecule has 0 radical (unpaired) electrons. The molecule has 1 heterocycles. The van der Waals surface area contributed by atoms with Crippen LogP contribution < -0.4 is 0 Å². The zero-order valence-electron chi connectivity index (χ0n) is 12.9. The zero-order valence-corrected chi connectivity index (χ0v) is 13.7. The maximum absolute atomic E-state index is 13.4. The fraction of sp³-hybridized carbons (Fsp3) is 0.176. The van der Waals surface area contributed by atoms with E-state index in [1.54, 1.807) is 32.0 Å². The second-order valence-corrected chi connectivity index (χ2v) is 7.46. The van der Waals surface area contributed by atoms with Crippen molar-refractivity contribution in [3.8, 4) is 0 Å². The third-order valence-corrected chi connectivity index (χ3v) is 5.51. The zero-order chi connectivity index (χ0) is 17.7. The maximum Gasteiger partial charge on any atom is 0.432 e. The van der Waals surface area contributed by atoms with Gasteiger partial charge >= 0.3 is 6.18 Å². The number of hydrogen-bond acceptors (Lipinski definition) is 2. The molecule has 0 amide bonds. The molecule has 126 valence electrons. The summed E-state index contributed by atoms with van der Waals surface area (Å²) < 4.78 is 66.3. The number of benzene rings is 2. The number of nitrogens with zero attached hydrogens (tertiary/aromatic N) is 1. The van der Waals surface area contributed by atoms with E-state index in [1.165, 1.54) is 24.3 Å². The molecule has 0 saturated heterocycles. The summed E-state index contributed by atoms with van der Waals surface area (Å²) in [6.07, 6.45) is -4.79. The van der Waals surface area contributed by atoms with Crippen molar-refractivity contribution in [1.29, 1.82) is 0 Å². The molecule has 2 aromatic carbocycles. The number of fused-ring (bicyclic) bond motifs is 1. The molecule has 3 aromatic rings. The lowest BCUT2D eigenvalue weighted by atomic mass is 10.2. The van der Waals surface area contributed by atoms with Crippen molar-refractivity contribution in [1.82, 2.24) is 3.97 Å². The number of hydrogen-bond donors (Lipinski definition) is 0. The normalized spacial score (nSPS) is 12.7. The van der Waals surface area contributed by atoms with Crippen LogP contribution in [0.5, 0.6) is 0 Å². The Balaban J connectivity index is 2.38. The van der Waals surface area contributed by atoms with E-state index >= 15 is 0 Å². The lowest BCUT2D eigenvalue weighted by Crippen LogP contribution is -2.21. The molecule has 0 saturated carbocycles. The van der Waals surface area contributed by atoms with E-state index in [0.29, 0.717) is 9.54 Å². The fourth-order valence-electron chi connectivity index (χ4n) is 2.56. The summed E-state index contributed by atoms with van der Waals surface area (Å²) in [4.78, 5) is -0.183. The van der Waals surface area contributed by atoms with Gasteiger partial charge in [-0.2, -0.15) is 13.2 Å². The Morgan fingerprint density at radius 2 is 1.46 bits per heavy atom. The van der Waals surface area contributed by atoms with Crippen molar-refractivity contribution in [3.63, 3.8) is 0 Å². The van der Waals surface area contributed by atoms with Crippen molar-refractivity contribution in [2.24, 2.45) is 0 Å². The van der Waals surface area contributed by atoms with Crippen LogP contribution in [0.25, 0.3) is 10.9 Å². The Morgan fingerprint density at radius 3 is 2.04 bits per heavy atom. The molecular weight excluding hydrogens is 339 g/mol. The Bertz CT molecular complexity index is 1020. The van der Waals surface area contributed by atoms with Gasteiger partial charge in [0.05, 0.1) is 10.4 Å². The SMILES string of the molecule is Cc1ccc(S(=O)(=O)n2c(C(F)(F)F)cc3ccc(C)cc32)cc1. The summed E-state index contributed by atoms with van der Waals surface area (Å²) >= 11 is 0. The summed E-state index contributed by atoms with van der Waals surface area (Å²) in [6, 6.07) is 11.2. The van der Waals surface area contributed by atoms with Gasteiger partial charge in [0.15, 0.2) is 0 Å². The molecule has 0 aliphatic heterocycles. The maximum atomic E-state index is 13.4. The van der Waals surface area contributed by atoms with E-state index in [9.17, 15) is 21.6 Å². The molecule has 1 aromatic heterocycles. The van der Waals surface area contributed by atoms with Gasteiger partial charge in [-0.25, -0.2) is 12.4 Å². The fourth-order valence-corrected chi connectivity index (χ4v) is 4.08. The summed E-state index contributed by atoms with van der Waals surface area (Å²) in [5.74, 6) is 0. The highest BCUT2D eigenvalue weighted by molar-refractivity contribution is 7.90. The topological polar surface area (TPSA) is 39.1 Å². The third kappa shape index (κ3) is 2.69. The van der Waals surface area contributed by atoms with Crippen molar-refractivity contribution in [3.05, 3.63) is 65.4 Å². The molecule has 7 heteroatoms. The highest BCUT2D eigenvalue weighted by atomic mass is 32.2. The number of halogens is 3. The predicted molar refractivity (Wildman–Crippen MR) is 85.4 cm³/mol. The van der Waals surface area contributed by atoms with Gasteiger partial charge in [0.2, 0.25) is 0 Å². The lowest BCUT2D eigenvalue weighted by Gasteiger charge is -2.14. The Kier molecular flexibility index (Phi) is 3.71. The average molecular weight is 353 g/mol. The van der Waals surface area contributed by atoms with Gasteiger partial charge in [0.25, 0.3) is 10.0 Å². The van der Waals surface area contributed by atoms with Gasteiger partial charge in [0.1, 0.15) is 5.69 Å². The van der Waals surface area contributed by atoms with Gasteiger partial charge < -0.3 is 0 Å². The number of rotatable bonds is 2. The quantitative estimate of drug-likeness (QED) is 0.680. The highest BCUT2D eigenvalue weighted by Gasteiger charge is 2.39. The molecule has 0 aliphatic carbocycles. The monoisotopic (exact) mass is 353 g/mol. The van der Waals surface area contributed by atoms with Crippen molar-refractivity contribution in [2.45, 2.75) is 24.9 Å². The van der Waals surface area contributed by atoms with Crippen LogP contribution in [-0.2, 0) is 16.2 Å². The van der Waals surface area contributed by atoms with Crippen LogP contribution in [0, 0.1) is 13.8 Å². The van der Waals surface area contributed by atoms with E-state index in [2.05, 4.69) is 0 Å². The minimum absolute atomic E-state index is 0.0166. The molecule has 0 aliphatic rings. The number of aryl methyl sites for hydroxylation is 2. The van der Waals surface area contributed by atoms with Crippen LogP contribution in [0.15, 0.2) is 53.4 Å². The minimum Gasteiger partial charge on any atom is -0.229 e. The largest absolute Gasteiger partial charge is 0.432 e. The first-order valence-corrected chi connectivity index (χ1v) is 8.56. The minimum atomic E-state index is -4.79. The standard InChI is InChI=1S/C17H14F3NO2S/c1-11-4-7-14(8-5-11)24(22,23)21-15-9-12(2)3-6-13(15)10-16(21)17(18,19)20/h3-10H,1-2H3. The van der Waals surface area contributed by atoms with Crippen LogP contribution in [0.3, 0.4) is 0 Å². The van der Waals surface area contributed by atoms with Gasteiger partial charge in [-0.05, 0) is 43.7 Å². The summed E-state index contributed by atoms with van der Waals surface area (Å²) in [5.41, 5.74) is 0.305. The molecular formula is C17H14F3NO2S. The first-order chi connectivity index (χ1) is 11.1. The van der Waals surface area contributed by atoms with Gasteiger partial charge in [-0.1, -0.05) is 29.8 Å². The van der Waals surface area contributed by atoms with Crippen LogP contribution in [0.1, 0.15) is 16.8 Å². The second-order valence-electron chi connectivity index (χ2n) is 5.67. The molecule has 3 nitrogen and oxygen atoms in total. The third-order valence-electron chi connectivity index (χ3n) is 3.77. The molecule has 0 fully saturated rings. The molecule has 3 rings (SSSR count). The highest BCUT2D eigenvalue weighted by Crippen LogP contribution is 2.36. The van der Waals surface area contributed by atoms with Crippen LogP contribution in [-0.4, -0.2) is 12.4 Å². The molecule has 0 N–H and O–H groups in total. The van der Waals surface area contributed by atoms with Gasteiger partial charge in [-0.15, -0.1) is 0 Å². The van der Waals surface area contributed by atoms with Crippen molar-refractivity contribution < 1.29 is 21.6 Å². The van der Waals surface area contributed by atoms with Crippen LogP contribution >= 0.6 is 0 Å². The lowest BCUT2D eigenvalue weighted by molar-refractivity contribution is -0.141. The average Bonchev–Trinajstić information content (AvgIpc) is 2.87. The first kappa shape index (κ1) is 16.6. The van der Waals surface area contributed by atoms with E-state index < -0.39 is 21.9 Å². The van der Waals surface area contributed by atoms with Gasteiger partial charge in [0, 0.05) is 5.39 Å². The number of aromatic nitrogens is 1. The summed E-state index contributed by atoms with van der Waals surface area (Å²) in [6.45, 7) is 3.47. The Morgan fingerprint density at radius 1 is 0.875 bits per heavy atom. The second kappa shape index (κ2) is 5.37. The van der Waals surface area contributed by atoms with E-state index in [1.807, 2.05) is 0 Å². The first-order valence-electron chi connectivity index (χ1n) is 7.12. The Hall–Kier alpha value is -2.28.